The lowest BCUT2D eigenvalue weighted by Gasteiger charge is -2.36. The van der Waals surface area contributed by atoms with Crippen LogP contribution in [0.2, 0.25) is 0 Å². The molecule has 12 heteroatoms. The Hall–Kier alpha value is -3.28. The number of piperidine rings is 1. The Balaban J connectivity index is 1.44. The van der Waals surface area contributed by atoms with E-state index in [4.69, 9.17) is 5.73 Å². The SMILES string of the molecule is CCc1c(N)ncnc1N1CC[C@@H](c2nc(-c3ccc(F)c(C(F)(F)F)c3)cn2CCN2CCC2)[C@@H](F)C1. The van der Waals surface area contributed by atoms with Gasteiger partial charge in [0.05, 0.1) is 23.7 Å². The quantitative estimate of drug-likeness (QED) is 0.443. The van der Waals surface area contributed by atoms with E-state index in [9.17, 15) is 17.6 Å². The van der Waals surface area contributed by atoms with Gasteiger partial charge < -0.3 is 20.1 Å². The molecule has 0 radical (unpaired) electrons. The molecule has 0 aliphatic carbocycles. The standard InChI is InChI=1S/C26H30F5N7/c1-2-17-23(32)33-15-34-24(17)37-9-6-18(21(28)13-37)25-35-22(14-38(25)11-10-36-7-3-8-36)16-4-5-20(27)19(12-16)26(29,30)31/h4-5,12,14-15,18,21H,2-3,6-11,13H2,1H3,(H2,32,33,34)/t18-,21+/m1/s1. The molecular formula is C26H30F5N7. The van der Waals surface area contributed by atoms with E-state index in [0.29, 0.717) is 43.4 Å². The number of likely N-dealkylation sites (tertiary alicyclic amines) is 1. The number of halogens is 5. The lowest BCUT2D eigenvalue weighted by atomic mass is 9.93. The molecule has 3 aromatic rings. The highest BCUT2D eigenvalue weighted by atomic mass is 19.4. The van der Waals surface area contributed by atoms with Gasteiger partial charge in [0.15, 0.2) is 0 Å². The average Bonchev–Trinajstić information content (AvgIpc) is 3.26. The molecule has 0 bridgehead atoms. The number of anilines is 2. The van der Waals surface area contributed by atoms with Crippen LogP contribution in [0.5, 0.6) is 0 Å². The van der Waals surface area contributed by atoms with Crippen LogP contribution in [0.3, 0.4) is 0 Å². The average molecular weight is 536 g/mol. The van der Waals surface area contributed by atoms with Gasteiger partial charge in [-0.05, 0) is 50.6 Å². The van der Waals surface area contributed by atoms with E-state index in [-0.39, 0.29) is 17.8 Å². The minimum atomic E-state index is -4.83. The molecule has 38 heavy (non-hydrogen) atoms. The van der Waals surface area contributed by atoms with Gasteiger partial charge in [0.25, 0.3) is 0 Å². The molecule has 0 saturated carbocycles. The topological polar surface area (TPSA) is 76.1 Å². The number of alkyl halides is 4. The molecule has 204 valence electrons. The Labute approximate surface area is 217 Å². The summed E-state index contributed by atoms with van der Waals surface area (Å²) in [4.78, 5) is 17.1. The largest absolute Gasteiger partial charge is 0.419 e. The molecule has 0 spiro atoms. The van der Waals surface area contributed by atoms with Crippen LogP contribution in [-0.4, -0.2) is 63.3 Å². The number of nitrogens with two attached hydrogens (primary N) is 1. The Morgan fingerprint density at radius 3 is 2.55 bits per heavy atom. The first-order valence-electron chi connectivity index (χ1n) is 12.8. The van der Waals surface area contributed by atoms with Crippen molar-refractivity contribution in [3.05, 3.63) is 53.5 Å². The first-order chi connectivity index (χ1) is 18.2. The maximum atomic E-state index is 15.8. The van der Waals surface area contributed by atoms with Crippen molar-refractivity contribution in [1.82, 2.24) is 24.4 Å². The highest BCUT2D eigenvalue weighted by molar-refractivity contribution is 5.61. The van der Waals surface area contributed by atoms with Crippen molar-refractivity contribution < 1.29 is 22.0 Å². The molecule has 0 unspecified atom stereocenters. The Kier molecular flexibility index (Phi) is 7.26. The first kappa shape index (κ1) is 26.3. The van der Waals surface area contributed by atoms with Crippen LogP contribution in [0.1, 0.15) is 42.6 Å². The normalized spacial score (nSPS) is 20.5. The zero-order valence-electron chi connectivity index (χ0n) is 21.1. The molecule has 4 heterocycles. The van der Waals surface area contributed by atoms with Gasteiger partial charge in [-0.1, -0.05) is 6.92 Å². The van der Waals surface area contributed by atoms with Gasteiger partial charge in [-0.2, -0.15) is 13.2 Å². The molecule has 5 rings (SSSR count). The number of aromatic nitrogens is 4. The van der Waals surface area contributed by atoms with E-state index in [2.05, 4.69) is 19.9 Å². The molecule has 2 aliphatic rings. The number of nitrogen functional groups attached to an aromatic ring is 1. The Morgan fingerprint density at radius 2 is 1.89 bits per heavy atom. The van der Waals surface area contributed by atoms with E-state index >= 15 is 4.39 Å². The van der Waals surface area contributed by atoms with Crippen molar-refractivity contribution >= 4 is 11.6 Å². The van der Waals surface area contributed by atoms with Crippen LogP contribution in [0.4, 0.5) is 33.6 Å². The van der Waals surface area contributed by atoms with Crippen LogP contribution in [0, 0.1) is 5.82 Å². The van der Waals surface area contributed by atoms with Gasteiger partial charge in [-0.25, -0.2) is 23.7 Å². The van der Waals surface area contributed by atoms with Crippen molar-refractivity contribution in [2.75, 3.05) is 43.4 Å². The fraction of sp³-hybridized carbons (Fsp3) is 0.500. The van der Waals surface area contributed by atoms with Gasteiger partial charge in [-0.15, -0.1) is 0 Å². The zero-order valence-corrected chi connectivity index (χ0v) is 21.1. The summed E-state index contributed by atoms with van der Waals surface area (Å²) in [5, 5.41) is 0. The number of nitrogens with zero attached hydrogens (tertiary/aromatic N) is 6. The summed E-state index contributed by atoms with van der Waals surface area (Å²) in [7, 11) is 0. The summed E-state index contributed by atoms with van der Waals surface area (Å²) < 4.78 is 71.5. The third kappa shape index (κ3) is 5.18. The molecule has 2 N–H and O–H groups in total. The van der Waals surface area contributed by atoms with E-state index < -0.39 is 29.6 Å². The van der Waals surface area contributed by atoms with Crippen molar-refractivity contribution in [3.8, 4) is 11.3 Å². The minimum absolute atomic E-state index is 0.0806. The van der Waals surface area contributed by atoms with Gasteiger partial charge in [0.2, 0.25) is 0 Å². The van der Waals surface area contributed by atoms with E-state index in [0.717, 1.165) is 43.8 Å². The van der Waals surface area contributed by atoms with Gasteiger partial charge in [0.1, 0.15) is 35.8 Å². The predicted octanol–water partition coefficient (Wildman–Crippen LogP) is 4.68. The molecule has 2 aliphatic heterocycles. The van der Waals surface area contributed by atoms with Crippen molar-refractivity contribution in [1.29, 1.82) is 0 Å². The molecule has 7 nitrogen and oxygen atoms in total. The second-order valence-corrected chi connectivity index (χ2v) is 9.84. The fourth-order valence-corrected chi connectivity index (χ4v) is 5.22. The molecule has 2 fully saturated rings. The second-order valence-electron chi connectivity index (χ2n) is 9.84. The summed E-state index contributed by atoms with van der Waals surface area (Å²) in [6.45, 7) is 5.76. The van der Waals surface area contributed by atoms with Gasteiger partial charge >= 0.3 is 6.18 Å². The van der Waals surface area contributed by atoms with Gasteiger partial charge in [0, 0.05) is 37.0 Å². The molecule has 0 amide bonds. The van der Waals surface area contributed by atoms with Crippen LogP contribution in [-0.2, 0) is 19.1 Å². The number of hydrogen-bond donors (Lipinski definition) is 1. The zero-order chi connectivity index (χ0) is 27.0. The molecule has 2 atom stereocenters. The second kappa shape index (κ2) is 10.5. The van der Waals surface area contributed by atoms with Crippen LogP contribution in [0.25, 0.3) is 11.3 Å². The monoisotopic (exact) mass is 535 g/mol. The lowest BCUT2D eigenvalue weighted by molar-refractivity contribution is -0.139. The summed E-state index contributed by atoms with van der Waals surface area (Å²) >= 11 is 0. The van der Waals surface area contributed by atoms with Crippen LogP contribution >= 0.6 is 0 Å². The van der Waals surface area contributed by atoms with E-state index in [1.54, 1.807) is 6.20 Å². The molecule has 2 aromatic heterocycles. The molecule has 1 aromatic carbocycles. The highest BCUT2D eigenvalue weighted by Crippen LogP contribution is 2.37. The Bertz CT molecular complexity index is 1290. The maximum Gasteiger partial charge on any atom is 0.419 e. The summed E-state index contributed by atoms with van der Waals surface area (Å²) in [5.41, 5.74) is 5.83. The summed E-state index contributed by atoms with van der Waals surface area (Å²) in [5.74, 6) is -0.411. The predicted molar refractivity (Wildman–Crippen MR) is 134 cm³/mol. The van der Waals surface area contributed by atoms with Crippen molar-refractivity contribution in [2.45, 2.75) is 51.0 Å². The summed E-state index contributed by atoms with van der Waals surface area (Å²) in [6, 6.07) is 2.84. The third-order valence-corrected chi connectivity index (χ3v) is 7.46. The van der Waals surface area contributed by atoms with Crippen LogP contribution < -0.4 is 10.6 Å². The number of rotatable bonds is 7. The number of benzene rings is 1. The van der Waals surface area contributed by atoms with Gasteiger partial charge in [-0.3, -0.25) is 0 Å². The van der Waals surface area contributed by atoms with Crippen molar-refractivity contribution in [2.24, 2.45) is 0 Å². The number of hydrogen-bond acceptors (Lipinski definition) is 6. The van der Waals surface area contributed by atoms with Crippen molar-refractivity contribution in [3.63, 3.8) is 0 Å². The minimum Gasteiger partial charge on any atom is -0.383 e. The third-order valence-electron chi connectivity index (χ3n) is 7.46. The Morgan fingerprint density at radius 1 is 1.11 bits per heavy atom. The lowest BCUT2D eigenvalue weighted by Crippen LogP contribution is -2.43. The number of imidazole rings is 1. The van der Waals surface area contributed by atoms with Crippen LogP contribution in [0.15, 0.2) is 30.7 Å². The first-order valence-corrected chi connectivity index (χ1v) is 12.8. The van der Waals surface area contributed by atoms with E-state index in [1.807, 2.05) is 16.4 Å². The molecular weight excluding hydrogens is 505 g/mol. The van der Waals surface area contributed by atoms with E-state index in [1.165, 1.54) is 12.4 Å². The highest BCUT2D eigenvalue weighted by Gasteiger charge is 2.37. The smallest absolute Gasteiger partial charge is 0.383 e. The fourth-order valence-electron chi connectivity index (χ4n) is 5.22. The summed E-state index contributed by atoms with van der Waals surface area (Å²) in [6.07, 6.45) is -0.927. The molecule has 2 saturated heterocycles. The maximum absolute atomic E-state index is 15.8.